The zero-order valence-corrected chi connectivity index (χ0v) is 11.8. The maximum Gasteiger partial charge on any atom is 0.0947 e. The minimum atomic E-state index is -0.317. The van der Waals surface area contributed by atoms with Crippen LogP contribution in [0.25, 0.3) is 0 Å². The lowest BCUT2D eigenvalue weighted by molar-refractivity contribution is 0.0198. The largest absolute Gasteiger partial charge is 0.387 e. The lowest BCUT2D eigenvalue weighted by Crippen LogP contribution is -2.50. The molecule has 1 N–H and O–H groups in total. The lowest BCUT2D eigenvalue weighted by Gasteiger charge is -2.39. The van der Waals surface area contributed by atoms with E-state index in [1.54, 1.807) is 0 Å². The van der Waals surface area contributed by atoms with Crippen LogP contribution in [-0.4, -0.2) is 54.2 Å². The summed E-state index contributed by atoms with van der Waals surface area (Å²) in [5.41, 5.74) is 2.50. The van der Waals surface area contributed by atoms with E-state index in [0.29, 0.717) is 6.04 Å². The summed E-state index contributed by atoms with van der Waals surface area (Å²) in [6.07, 6.45) is 3.09. The Morgan fingerprint density at radius 2 is 1.84 bits per heavy atom. The molecule has 3 rings (SSSR count). The molecule has 0 bridgehead atoms. The highest BCUT2D eigenvalue weighted by Gasteiger charge is 2.31. The summed E-state index contributed by atoms with van der Waals surface area (Å²) < 4.78 is 0. The number of aliphatic hydroxyl groups is 1. The molecule has 2 aliphatic rings. The monoisotopic (exact) mass is 260 g/mol. The smallest absolute Gasteiger partial charge is 0.0947 e. The molecule has 19 heavy (non-hydrogen) atoms. The number of aliphatic hydroxyl groups excluding tert-OH is 1. The van der Waals surface area contributed by atoms with Crippen molar-refractivity contribution < 1.29 is 5.11 Å². The minimum absolute atomic E-state index is 0.303. The second kappa shape index (κ2) is 5.61. The van der Waals surface area contributed by atoms with Crippen LogP contribution < -0.4 is 0 Å². The quantitative estimate of drug-likeness (QED) is 0.778. The van der Waals surface area contributed by atoms with E-state index >= 15 is 0 Å². The molecule has 1 fully saturated rings. The third-order valence-corrected chi connectivity index (χ3v) is 4.69. The lowest BCUT2D eigenvalue weighted by atomic mass is 9.97. The maximum absolute atomic E-state index is 10.8. The van der Waals surface area contributed by atoms with Crippen LogP contribution >= 0.6 is 0 Å². The van der Waals surface area contributed by atoms with Crippen LogP contribution in [0.5, 0.6) is 0 Å². The molecular weight excluding hydrogens is 236 g/mol. The van der Waals surface area contributed by atoms with Gasteiger partial charge >= 0.3 is 0 Å². The molecule has 1 aromatic carbocycles. The van der Waals surface area contributed by atoms with Crippen molar-refractivity contribution in [2.24, 2.45) is 0 Å². The predicted octanol–water partition coefficient (Wildman–Crippen LogP) is 1.67. The number of piperazine rings is 1. The number of rotatable bonds is 1. The summed E-state index contributed by atoms with van der Waals surface area (Å²) >= 11 is 0. The molecule has 0 spiro atoms. The topological polar surface area (TPSA) is 26.7 Å². The van der Waals surface area contributed by atoms with Crippen LogP contribution in [0.2, 0.25) is 0 Å². The highest BCUT2D eigenvalue weighted by atomic mass is 16.3. The molecule has 1 aromatic rings. The van der Waals surface area contributed by atoms with Crippen molar-refractivity contribution >= 4 is 0 Å². The highest BCUT2D eigenvalue weighted by molar-refractivity contribution is 5.31. The first kappa shape index (κ1) is 13.1. The SMILES string of the molecule is CN1CCN([C@H]2CCCc3ccccc3[C@@H]2O)CC1. The van der Waals surface area contributed by atoms with Crippen molar-refractivity contribution in [3.8, 4) is 0 Å². The average molecular weight is 260 g/mol. The van der Waals surface area contributed by atoms with Gasteiger partial charge in [0.2, 0.25) is 0 Å². The van der Waals surface area contributed by atoms with Crippen molar-refractivity contribution in [1.82, 2.24) is 9.80 Å². The normalized spacial score (nSPS) is 29.8. The maximum atomic E-state index is 10.8. The molecule has 0 aromatic heterocycles. The number of fused-ring (bicyclic) bond motifs is 1. The number of hydrogen-bond acceptors (Lipinski definition) is 3. The van der Waals surface area contributed by atoms with Gasteiger partial charge < -0.3 is 10.0 Å². The number of likely N-dealkylation sites (N-methyl/N-ethyl adjacent to an activating group) is 1. The van der Waals surface area contributed by atoms with Crippen molar-refractivity contribution in [1.29, 1.82) is 0 Å². The zero-order valence-electron chi connectivity index (χ0n) is 11.8. The van der Waals surface area contributed by atoms with E-state index in [1.807, 2.05) is 0 Å². The Labute approximate surface area is 115 Å². The van der Waals surface area contributed by atoms with Crippen molar-refractivity contribution in [3.05, 3.63) is 35.4 Å². The summed E-state index contributed by atoms with van der Waals surface area (Å²) in [7, 11) is 2.18. The molecule has 1 heterocycles. The first-order chi connectivity index (χ1) is 9.25. The van der Waals surface area contributed by atoms with E-state index in [2.05, 4.69) is 41.1 Å². The first-order valence-corrected chi connectivity index (χ1v) is 7.44. The van der Waals surface area contributed by atoms with Crippen LogP contribution in [0.1, 0.15) is 30.1 Å². The van der Waals surface area contributed by atoms with Gasteiger partial charge in [0.05, 0.1) is 6.10 Å². The van der Waals surface area contributed by atoms with E-state index in [-0.39, 0.29) is 6.10 Å². The van der Waals surface area contributed by atoms with Crippen LogP contribution in [-0.2, 0) is 6.42 Å². The molecule has 0 saturated carbocycles. The number of hydrogen-bond donors (Lipinski definition) is 1. The predicted molar refractivity (Wildman–Crippen MR) is 77.2 cm³/mol. The number of benzene rings is 1. The third kappa shape index (κ3) is 2.69. The molecule has 0 amide bonds. The van der Waals surface area contributed by atoms with Gasteiger partial charge in [0, 0.05) is 32.2 Å². The van der Waals surface area contributed by atoms with Gasteiger partial charge in [-0.1, -0.05) is 24.3 Å². The van der Waals surface area contributed by atoms with Crippen molar-refractivity contribution in [2.75, 3.05) is 33.2 Å². The summed E-state index contributed by atoms with van der Waals surface area (Å²) in [5, 5.41) is 10.8. The number of aryl methyl sites for hydroxylation is 1. The van der Waals surface area contributed by atoms with Gasteiger partial charge in [0.1, 0.15) is 0 Å². The summed E-state index contributed by atoms with van der Waals surface area (Å²) in [6, 6.07) is 8.72. The van der Waals surface area contributed by atoms with E-state index in [1.165, 1.54) is 12.0 Å². The molecule has 3 heteroatoms. The first-order valence-electron chi connectivity index (χ1n) is 7.44. The van der Waals surface area contributed by atoms with Gasteiger partial charge in [-0.25, -0.2) is 0 Å². The Hall–Kier alpha value is -0.900. The Morgan fingerprint density at radius 3 is 2.63 bits per heavy atom. The molecule has 1 aliphatic heterocycles. The van der Waals surface area contributed by atoms with Crippen LogP contribution in [0, 0.1) is 0 Å². The molecule has 104 valence electrons. The van der Waals surface area contributed by atoms with Crippen LogP contribution in [0.4, 0.5) is 0 Å². The Bertz CT molecular complexity index is 427. The second-order valence-corrected chi connectivity index (χ2v) is 5.94. The Kier molecular flexibility index (Phi) is 3.87. The Morgan fingerprint density at radius 1 is 1.11 bits per heavy atom. The molecule has 1 saturated heterocycles. The molecule has 1 aliphatic carbocycles. The van der Waals surface area contributed by atoms with Gasteiger partial charge in [-0.15, -0.1) is 0 Å². The molecule has 0 radical (unpaired) electrons. The molecule has 0 unspecified atom stereocenters. The van der Waals surface area contributed by atoms with Crippen LogP contribution in [0.3, 0.4) is 0 Å². The average Bonchev–Trinajstić information content (AvgIpc) is 2.60. The zero-order chi connectivity index (χ0) is 13.2. The summed E-state index contributed by atoms with van der Waals surface area (Å²) in [6.45, 7) is 4.40. The third-order valence-electron chi connectivity index (χ3n) is 4.69. The highest BCUT2D eigenvalue weighted by Crippen LogP contribution is 2.32. The standard InChI is InChI=1S/C16H24N2O/c1-17-9-11-18(12-10-17)15-8-4-6-13-5-2-3-7-14(13)16(15)19/h2-3,5,7,15-16,19H,4,6,8-12H2,1H3/t15-,16-/m0/s1. The minimum Gasteiger partial charge on any atom is -0.387 e. The van der Waals surface area contributed by atoms with Crippen molar-refractivity contribution in [3.63, 3.8) is 0 Å². The van der Waals surface area contributed by atoms with E-state index in [4.69, 9.17) is 0 Å². The van der Waals surface area contributed by atoms with Gasteiger partial charge in [-0.05, 0) is 37.4 Å². The van der Waals surface area contributed by atoms with E-state index in [9.17, 15) is 5.11 Å². The van der Waals surface area contributed by atoms with Gasteiger partial charge in [0.25, 0.3) is 0 Å². The summed E-state index contributed by atoms with van der Waals surface area (Å²) in [4.78, 5) is 4.86. The number of nitrogens with zero attached hydrogens (tertiary/aromatic N) is 2. The summed E-state index contributed by atoms with van der Waals surface area (Å²) in [5.74, 6) is 0. The van der Waals surface area contributed by atoms with Gasteiger partial charge in [-0.2, -0.15) is 0 Å². The van der Waals surface area contributed by atoms with Gasteiger partial charge in [0.15, 0.2) is 0 Å². The fraction of sp³-hybridized carbons (Fsp3) is 0.625. The second-order valence-electron chi connectivity index (χ2n) is 5.94. The van der Waals surface area contributed by atoms with Crippen LogP contribution in [0.15, 0.2) is 24.3 Å². The fourth-order valence-corrected chi connectivity index (χ4v) is 3.45. The van der Waals surface area contributed by atoms with E-state index in [0.717, 1.165) is 44.6 Å². The molecular formula is C16H24N2O. The molecule has 3 nitrogen and oxygen atoms in total. The van der Waals surface area contributed by atoms with Crippen molar-refractivity contribution in [2.45, 2.75) is 31.4 Å². The van der Waals surface area contributed by atoms with E-state index < -0.39 is 0 Å². The van der Waals surface area contributed by atoms with Gasteiger partial charge in [-0.3, -0.25) is 4.90 Å². The fourth-order valence-electron chi connectivity index (χ4n) is 3.45. The molecule has 2 atom stereocenters. The Balaban J connectivity index is 1.79.